The predicted octanol–water partition coefficient (Wildman–Crippen LogP) is 1.86. The molecular weight excluding hydrogens is 231 g/mol. The van der Waals surface area contributed by atoms with E-state index in [9.17, 15) is 9.18 Å². The molecule has 2 unspecified atom stereocenters. The first-order valence-electron chi connectivity index (χ1n) is 6.20. The number of carbonyl (C=O) groups is 1. The average Bonchev–Trinajstić information content (AvgIpc) is 2.25. The van der Waals surface area contributed by atoms with Crippen LogP contribution in [0.5, 0.6) is 0 Å². The third-order valence-corrected chi connectivity index (χ3v) is 2.87. The smallest absolute Gasteiger partial charge is 0.234 e. The maximum Gasteiger partial charge on any atom is 0.234 e. The molecule has 3 N–H and O–H groups in total. The minimum absolute atomic E-state index is 0.0618. The summed E-state index contributed by atoms with van der Waals surface area (Å²) in [4.78, 5) is 11.3. The van der Waals surface area contributed by atoms with Gasteiger partial charge in [-0.25, -0.2) is 4.39 Å². The van der Waals surface area contributed by atoms with Crippen LogP contribution in [0.15, 0.2) is 24.3 Å². The van der Waals surface area contributed by atoms with Crippen molar-refractivity contribution in [2.45, 2.75) is 39.3 Å². The molecule has 1 aromatic rings. The van der Waals surface area contributed by atoms with Crippen LogP contribution in [0.25, 0.3) is 0 Å². The number of benzene rings is 1. The van der Waals surface area contributed by atoms with Crippen LogP contribution in [-0.2, 0) is 11.2 Å². The molecule has 1 amide bonds. The molecule has 100 valence electrons. The Morgan fingerprint density at radius 1 is 1.39 bits per heavy atom. The number of primary amides is 1. The van der Waals surface area contributed by atoms with E-state index >= 15 is 0 Å². The molecular formula is C14H21FN2O. The molecule has 2 atom stereocenters. The van der Waals surface area contributed by atoms with E-state index in [2.05, 4.69) is 5.32 Å². The Hall–Kier alpha value is -1.42. The molecule has 1 aromatic carbocycles. The highest BCUT2D eigenvalue weighted by Gasteiger charge is 2.21. The quantitative estimate of drug-likeness (QED) is 0.812. The van der Waals surface area contributed by atoms with Gasteiger partial charge < -0.3 is 11.1 Å². The molecule has 0 aliphatic heterocycles. The van der Waals surface area contributed by atoms with Gasteiger partial charge in [-0.15, -0.1) is 0 Å². The van der Waals surface area contributed by atoms with Crippen molar-refractivity contribution in [2.75, 3.05) is 0 Å². The topological polar surface area (TPSA) is 55.1 Å². The van der Waals surface area contributed by atoms with Crippen molar-refractivity contribution >= 4 is 5.91 Å². The van der Waals surface area contributed by atoms with E-state index in [-0.39, 0.29) is 29.7 Å². The van der Waals surface area contributed by atoms with Crippen molar-refractivity contribution < 1.29 is 9.18 Å². The first kappa shape index (κ1) is 14.6. The van der Waals surface area contributed by atoms with Gasteiger partial charge in [-0.3, -0.25) is 4.79 Å². The van der Waals surface area contributed by atoms with Gasteiger partial charge in [-0.2, -0.15) is 0 Å². The molecule has 0 aliphatic carbocycles. The van der Waals surface area contributed by atoms with Gasteiger partial charge in [0.15, 0.2) is 0 Å². The molecule has 0 aromatic heterocycles. The van der Waals surface area contributed by atoms with E-state index in [1.807, 2.05) is 26.8 Å². The van der Waals surface area contributed by atoms with Gasteiger partial charge in [0.2, 0.25) is 5.91 Å². The molecule has 0 bridgehead atoms. The number of nitrogens with two attached hydrogens (primary N) is 1. The zero-order valence-corrected chi connectivity index (χ0v) is 11.1. The normalized spacial score (nSPS) is 14.5. The van der Waals surface area contributed by atoms with Gasteiger partial charge in [0.25, 0.3) is 0 Å². The second kappa shape index (κ2) is 6.50. The molecule has 18 heavy (non-hydrogen) atoms. The average molecular weight is 252 g/mol. The molecule has 0 spiro atoms. The second-order valence-electron chi connectivity index (χ2n) is 5.03. The first-order chi connectivity index (χ1) is 8.40. The van der Waals surface area contributed by atoms with Crippen LogP contribution < -0.4 is 11.1 Å². The number of rotatable bonds is 6. The number of hydrogen-bond acceptors (Lipinski definition) is 2. The Bertz CT molecular complexity index is 407. The van der Waals surface area contributed by atoms with Crippen molar-refractivity contribution in [3.8, 4) is 0 Å². The maximum atomic E-state index is 13.0. The summed E-state index contributed by atoms with van der Waals surface area (Å²) in [6.45, 7) is 5.85. The Labute approximate surface area is 108 Å². The van der Waals surface area contributed by atoms with Crippen molar-refractivity contribution in [1.82, 2.24) is 5.32 Å². The fraction of sp³-hybridized carbons (Fsp3) is 0.500. The lowest BCUT2D eigenvalue weighted by atomic mass is 10.0. The summed E-state index contributed by atoms with van der Waals surface area (Å²) in [7, 11) is 0. The molecule has 0 saturated carbocycles. The summed E-state index contributed by atoms with van der Waals surface area (Å²) < 4.78 is 13.0. The Balaban J connectivity index is 2.60. The summed E-state index contributed by atoms with van der Waals surface area (Å²) in [6.07, 6.45) is 0.661. The van der Waals surface area contributed by atoms with Gasteiger partial charge >= 0.3 is 0 Å². The molecule has 0 heterocycles. The first-order valence-corrected chi connectivity index (χ1v) is 6.20. The lowest BCUT2D eigenvalue weighted by Gasteiger charge is -2.23. The Morgan fingerprint density at radius 3 is 2.56 bits per heavy atom. The van der Waals surface area contributed by atoms with E-state index in [1.54, 1.807) is 6.07 Å². The third kappa shape index (κ3) is 4.45. The highest BCUT2D eigenvalue weighted by atomic mass is 19.1. The molecule has 1 rings (SSSR count). The highest BCUT2D eigenvalue weighted by Crippen LogP contribution is 2.08. The number of halogens is 1. The van der Waals surface area contributed by atoms with E-state index in [0.29, 0.717) is 6.42 Å². The van der Waals surface area contributed by atoms with Crippen LogP contribution >= 0.6 is 0 Å². The van der Waals surface area contributed by atoms with Gasteiger partial charge in [0, 0.05) is 6.04 Å². The van der Waals surface area contributed by atoms with Crippen molar-refractivity contribution in [1.29, 1.82) is 0 Å². The minimum atomic E-state index is -0.353. The largest absolute Gasteiger partial charge is 0.368 e. The number of amides is 1. The fourth-order valence-electron chi connectivity index (χ4n) is 1.99. The lowest BCUT2D eigenvalue weighted by molar-refractivity contribution is -0.121. The summed E-state index contributed by atoms with van der Waals surface area (Å²) in [5.74, 6) is -0.455. The fourth-order valence-corrected chi connectivity index (χ4v) is 1.99. The highest BCUT2D eigenvalue weighted by molar-refractivity contribution is 5.80. The van der Waals surface area contributed by atoms with Gasteiger partial charge in [-0.1, -0.05) is 26.0 Å². The molecule has 4 heteroatoms. The van der Waals surface area contributed by atoms with Crippen LogP contribution in [-0.4, -0.2) is 18.0 Å². The van der Waals surface area contributed by atoms with Crippen LogP contribution in [0.4, 0.5) is 4.39 Å². The van der Waals surface area contributed by atoms with E-state index in [4.69, 9.17) is 5.73 Å². The Kier molecular flexibility index (Phi) is 5.28. The van der Waals surface area contributed by atoms with Crippen LogP contribution in [0.2, 0.25) is 0 Å². The zero-order valence-electron chi connectivity index (χ0n) is 11.1. The van der Waals surface area contributed by atoms with E-state index in [0.717, 1.165) is 5.56 Å². The summed E-state index contributed by atoms with van der Waals surface area (Å²) in [5, 5.41) is 3.19. The summed E-state index contributed by atoms with van der Waals surface area (Å²) in [6, 6.07) is 6.19. The Morgan fingerprint density at radius 2 is 2.06 bits per heavy atom. The number of hydrogen-bond donors (Lipinski definition) is 2. The number of nitrogens with one attached hydrogen (secondary N) is 1. The van der Waals surface area contributed by atoms with Crippen molar-refractivity contribution in [3.63, 3.8) is 0 Å². The monoisotopic (exact) mass is 252 g/mol. The summed E-state index contributed by atoms with van der Waals surface area (Å²) in [5.41, 5.74) is 6.25. The SMILES string of the molecule is CC(Cc1cccc(F)c1)NC(C(N)=O)C(C)C. The molecule has 0 saturated heterocycles. The molecule has 0 radical (unpaired) electrons. The van der Waals surface area contributed by atoms with Crippen LogP contribution in [0.3, 0.4) is 0 Å². The summed E-state index contributed by atoms with van der Waals surface area (Å²) >= 11 is 0. The number of carbonyl (C=O) groups excluding carboxylic acids is 1. The third-order valence-electron chi connectivity index (χ3n) is 2.87. The van der Waals surface area contributed by atoms with E-state index < -0.39 is 0 Å². The molecule has 0 fully saturated rings. The van der Waals surface area contributed by atoms with Crippen molar-refractivity contribution in [3.05, 3.63) is 35.6 Å². The maximum absolute atomic E-state index is 13.0. The second-order valence-corrected chi connectivity index (χ2v) is 5.03. The molecule has 3 nitrogen and oxygen atoms in total. The van der Waals surface area contributed by atoms with Gasteiger partial charge in [0.05, 0.1) is 6.04 Å². The van der Waals surface area contributed by atoms with E-state index in [1.165, 1.54) is 12.1 Å². The van der Waals surface area contributed by atoms with Crippen LogP contribution in [0, 0.1) is 11.7 Å². The molecule has 0 aliphatic rings. The van der Waals surface area contributed by atoms with Crippen molar-refractivity contribution in [2.24, 2.45) is 11.7 Å². The minimum Gasteiger partial charge on any atom is -0.368 e. The standard InChI is InChI=1S/C14H21FN2O/c1-9(2)13(14(16)18)17-10(3)7-11-5-4-6-12(15)8-11/h4-6,8-10,13,17H,7H2,1-3H3,(H2,16,18). The lowest BCUT2D eigenvalue weighted by Crippen LogP contribution is -2.49. The van der Waals surface area contributed by atoms with Gasteiger partial charge in [-0.05, 0) is 37.0 Å². The predicted molar refractivity (Wildman–Crippen MR) is 70.5 cm³/mol. The van der Waals surface area contributed by atoms with Crippen LogP contribution in [0.1, 0.15) is 26.3 Å². The van der Waals surface area contributed by atoms with Gasteiger partial charge in [0.1, 0.15) is 5.82 Å². The zero-order chi connectivity index (χ0) is 13.7.